The summed E-state index contributed by atoms with van der Waals surface area (Å²) in [4.78, 5) is 18.2. The Bertz CT molecular complexity index is 1590. The summed E-state index contributed by atoms with van der Waals surface area (Å²) in [6.45, 7) is 1.75. The minimum Gasteiger partial charge on any atom is -0.322 e. The molecule has 0 aliphatic carbocycles. The van der Waals surface area contributed by atoms with E-state index in [1.165, 1.54) is 12.1 Å². The number of fused-ring (bicyclic) bond motifs is 1. The lowest BCUT2D eigenvalue weighted by atomic mass is 10.0. The van der Waals surface area contributed by atoms with Crippen molar-refractivity contribution in [1.29, 1.82) is 0 Å². The third-order valence-electron chi connectivity index (χ3n) is 5.95. The van der Waals surface area contributed by atoms with Gasteiger partial charge in [-0.25, -0.2) is 22.5 Å². The summed E-state index contributed by atoms with van der Waals surface area (Å²) >= 11 is 12.1. The van der Waals surface area contributed by atoms with Crippen LogP contribution in [0.1, 0.15) is 28.5 Å². The van der Waals surface area contributed by atoms with Crippen LogP contribution >= 0.6 is 23.2 Å². The van der Waals surface area contributed by atoms with Crippen molar-refractivity contribution in [3.8, 4) is 11.3 Å². The second kappa shape index (κ2) is 8.89. The molecule has 0 saturated carbocycles. The highest BCUT2D eigenvalue weighted by Crippen LogP contribution is 2.33. The summed E-state index contributed by atoms with van der Waals surface area (Å²) < 4.78 is 39.4. The summed E-state index contributed by atoms with van der Waals surface area (Å²) in [7, 11) is -3.18. The van der Waals surface area contributed by atoms with Crippen LogP contribution in [0.2, 0.25) is 10.0 Å². The van der Waals surface area contributed by atoms with E-state index in [0.29, 0.717) is 55.7 Å². The number of pyridine rings is 1. The van der Waals surface area contributed by atoms with Crippen LogP contribution < -0.4 is 5.32 Å². The smallest absolute Gasteiger partial charge is 0.256 e. The molecule has 1 amide bonds. The van der Waals surface area contributed by atoms with Gasteiger partial charge in [-0.1, -0.05) is 23.2 Å². The fourth-order valence-electron chi connectivity index (χ4n) is 4.26. The van der Waals surface area contributed by atoms with Gasteiger partial charge in [0.25, 0.3) is 5.91 Å². The number of hydrogen-bond donors (Lipinski definition) is 1. The number of anilines is 1. The van der Waals surface area contributed by atoms with E-state index < -0.39 is 27.6 Å². The number of sulfone groups is 1. The van der Waals surface area contributed by atoms with E-state index in [2.05, 4.69) is 10.4 Å². The number of halogens is 3. The van der Waals surface area contributed by atoms with Gasteiger partial charge in [0, 0.05) is 11.3 Å². The number of nitrogens with zero attached hydrogens (tertiary/aromatic N) is 3. The fraction of sp³-hybridized carbons (Fsp3) is 0.208. The largest absolute Gasteiger partial charge is 0.322 e. The highest BCUT2D eigenvalue weighted by molar-refractivity contribution is 7.91. The SMILES string of the molecule is Cc1nn(C2CCS(=O)(=O)C2)c2nc(-c3ccc(F)cc3)cc(C(=O)Nc3ccc(Cl)c(Cl)c3)c12. The molecule has 0 bridgehead atoms. The zero-order chi connectivity index (χ0) is 24.9. The molecule has 0 spiro atoms. The zero-order valence-corrected chi connectivity index (χ0v) is 20.8. The molecule has 1 fully saturated rings. The molecule has 35 heavy (non-hydrogen) atoms. The predicted octanol–water partition coefficient (Wildman–Crippen LogP) is 5.46. The Labute approximate surface area is 210 Å². The number of rotatable bonds is 4. The molecule has 1 atom stereocenters. The van der Waals surface area contributed by atoms with Gasteiger partial charge in [0.1, 0.15) is 5.82 Å². The van der Waals surface area contributed by atoms with E-state index in [9.17, 15) is 17.6 Å². The molecule has 7 nitrogen and oxygen atoms in total. The molecule has 2 aromatic carbocycles. The number of nitrogens with one attached hydrogen (secondary N) is 1. The van der Waals surface area contributed by atoms with Crippen molar-refractivity contribution in [2.45, 2.75) is 19.4 Å². The first-order valence-corrected chi connectivity index (χ1v) is 13.3. The predicted molar refractivity (Wildman–Crippen MR) is 134 cm³/mol. The van der Waals surface area contributed by atoms with Gasteiger partial charge in [0.2, 0.25) is 0 Å². The molecule has 1 N–H and O–H groups in total. The van der Waals surface area contributed by atoms with Gasteiger partial charge in [-0.05, 0) is 61.9 Å². The van der Waals surface area contributed by atoms with Crippen molar-refractivity contribution in [3.63, 3.8) is 0 Å². The first-order valence-electron chi connectivity index (χ1n) is 10.7. The summed E-state index contributed by atoms with van der Waals surface area (Å²) in [5.41, 5.74) is 2.71. The minimum atomic E-state index is -3.18. The third kappa shape index (κ3) is 4.63. The molecule has 3 heterocycles. The molecular weight excluding hydrogens is 514 g/mol. The normalized spacial score (nSPS) is 17.1. The van der Waals surface area contributed by atoms with Crippen LogP contribution in [0.5, 0.6) is 0 Å². The number of aryl methyl sites for hydroxylation is 1. The molecule has 11 heteroatoms. The van der Waals surface area contributed by atoms with Gasteiger partial charge in [-0.2, -0.15) is 5.10 Å². The average Bonchev–Trinajstić information content (AvgIpc) is 3.35. The van der Waals surface area contributed by atoms with E-state index in [-0.39, 0.29) is 11.5 Å². The van der Waals surface area contributed by atoms with Crippen LogP contribution in [0, 0.1) is 12.7 Å². The number of carbonyl (C=O) groups excluding carboxylic acids is 1. The third-order valence-corrected chi connectivity index (χ3v) is 8.44. The van der Waals surface area contributed by atoms with E-state index in [1.54, 1.807) is 48.0 Å². The molecule has 4 aromatic rings. The molecule has 180 valence electrons. The molecule has 1 aliphatic rings. The van der Waals surface area contributed by atoms with Crippen LogP contribution in [0.3, 0.4) is 0 Å². The highest BCUT2D eigenvalue weighted by atomic mass is 35.5. The second-order valence-electron chi connectivity index (χ2n) is 8.43. The van der Waals surface area contributed by atoms with E-state index in [4.69, 9.17) is 28.2 Å². The van der Waals surface area contributed by atoms with Gasteiger partial charge in [0.15, 0.2) is 15.5 Å². The monoisotopic (exact) mass is 532 g/mol. The highest BCUT2D eigenvalue weighted by Gasteiger charge is 2.32. The van der Waals surface area contributed by atoms with Crippen molar-refractivity contribution >= 4 is 55.7 Å². The molecule has 1 aliphatic heterocycles. The first kappa shape index (κ1) is 23.7. The summed E-state index contributed by atoms with van der Waals surface area (Å²) in [6.07, 6.45) is 0.409. The van der Waals surface area contributed by atoms with Crippen molar-refractivity contribution in [1.82, 2.24) is 14.8 Å². The van der Waals surface area contributed by atoms with Crippen molar-refractivity contribution in [3.05, 3.63) is 75.7 Å². The molecule has 1 unspecified atom stereocenters. The second-order valence-corrected chi connectivity index (χ2v) is 11.5. The molecule has 0 radical (unpaired) electrons. The van der Waals surface area contributed by atoms with Gasteiger partial charge >= 0.3 is 0 Å². The Morgan fingerprint density at radius 2 is 1.86 bits per heavy atom. The number of aromatic nitrogens is 3. The van der Waals surface area contributed by atoms with E-state index in [1.807, 2.05) is 0 Å². The van der Waals surface area contributed by atoms with Crippen LogP contribution in [0.4, 0.5) is 10.1 Å². The lowest BCUT2D eigenvalue weighted by Gasteiger charge is -2.13. The van der Waals surface area contributed by atoms with Crippen LogP contribution in [0.25, 0.3) is 22.3 Å². The number of benzene rings is 2. The molecular formula is C24H19Cl2FN4O3S. The Morgan fingerprint density at radius 1 is 1.11 bits per heavy atom. The maximum absolute atomic E-state index is 13.5. The lowest BCUT2D eigenvalue weighted by Crippen LogP contribution is -2.15. The van der Waals surface area contributed by atoms with Crippen LogP contribution in [-0.2, 0) is 9.84 Å². The van der Waals surface area contributed by atoms with Gasteiger partial charge < -0.3 is 5.32 Å². The van der Waals surface area contributed by atoms with Crippen molar-refractivity contribution in [2.75, 3.05) is 16.8 Å². The Kier molecular flexibility index (Phi) is 6.03. The van der Waals surface area contributed by atoms with Gasteiger partial charge in [0.05, 0.1) is 49.9 Å². The molecule has 1 saturated heterocycles. The van der Waals surface area contributed by atoms with Crippen LogP contribution in [0.15, 0.2) is 48.5 Å². The molecule has 5 rings (SSSR count). The average molecular weight is 533 g/mol. The Morgan fingerprint density at radius 3 is 2.51 bits per heavy atom. The van der Waals surface area contributed by atoms with Crippen molar-refractivity contribution in [2.24, 2.45) is 0 Å². The maximum Gasteiger partial charge on any atom is 0.256 e. The number of amides is 1. The topological polar surface area (TPSA) is 93.9 Å². The number of carbonyl (C=O) groups is 1. The van der Waals surface area contributed by atoms with Crippen molar-refractivity contribution < 1.29 is 17.6 Å². The minimum absolute atomic E-state index is 0.0452. The summed E-state index contributed by atoms with van der Waals surface area (Å²) in [5, 5.41) is 8.56. The lowest BCUT2D eigenvalue weighted by molar-refractivity contribution is 0.102. The van der Waals surface area contributed by atoms with Crippen LogP contribution in [-0.4, -0.2) is 40.6 Å². The zero-order valence-electron chi connectivity index (χ0n) is 18.4. The molecule has 2 aromatic heterocycles. The Hall–Kier alpha value is -3.01. The van der Waals surface area contributed by atoms with E-state index >= 15 is 0 Å². The van der Waals surface area contributed by atoms with Gasteiger partial charge in [-0.15, -0.1) is 0 Å². The number of hydrogen-bond acceptors (Lipinski definition) is 5. The maximum atomic E-state index is 13.5. The summed E-state index contributed by atoms with van der Waals surface area (Å²) in [5.74, 6) is -0.804. The standard InChI is InChI=1S/C24H19Cl2FN4O3S/c1-13-22-18(24(32)28-16-6-7-19(25)20(26)10-16)11-21(14-2-4-15(27)5-3-14)29-23(22)31(30-13)17-8-9-35(33,34)12-17/h2-7,10-11,17H,8-9,12H2,1H3,(H,28,32). The Balaban J connectivity index is 1.67. The van der Waals surface area contributed by atoms with Gasteiger partial charge in [-0.3, -0.25) is 4.79 Å². The first-order chi connectivity index (χ1) is 16.6. The van der Waals surface area contributed by atoms with E-state index in [0.717, 1.165) is 0 Å². The summed E-state index contributed by atoms with van der Waals surface area (Å²) in [6, 6.07) is 11.7. The quantitative estimate of drug-likeness (QED) is 0.376. The fourth-order valence-corrected chi connectivity index (χ4v) is 6.25.